The van der Waals surface area contributed by atoms with Gasteiger partial charge in [-0.15, -0.1) is 24.0 Å². The van der Waals surface area contributed by atoms with E-state index in [1.54, 1.807) is 31.4 Å². The summed E-state index contributed by atoms with van der Waals surface area (Å²) < 4.78 is 10.5. The van der Waals surface area contributed by atoms with Gasteiger partial charge in [0, 0.05) is 37.2 Å². The summed E-state index contributed by atoms with van der Waals surface area (Å²) in [5, 5.41) is 13.5. The summed E-state index contributed by atoms with van der Waals surface area (Å²) in [4.78, 5) is 16.9. The standard InChI is InChI=1S/C21H31N5O3.HI/c1-5-18-17(19(6-2)29-26-18)14-25-21(22-7-3)24-12-11-23-20(27)15-9-8-10-16(13-15)28-4;/h8-10,13H,5-7,11-12,14H2,1-4H3,(H,23,27)(H2,22,24,25);1H. The normalized spacial score (nSPS) is 10.9. The Morgan fingerprint density at radius 3 is 2.57 bits per heavy atom. The van der Waals surface area contributed by atoms with Gasteiger partial charge in [-0.2, -0.15) is 0 Å². The van der Waals surface area contributed by atoms with Gasteiger partial charge < -0.3 is 25.2 Å². The van der Waals surface area contributed by atoms with E-state index in [1.807, 2.05) is 13.8 Å². The molecule has 1 amide bonds. The quantitative estimate of drug-likeness (QED) is 0.190. The van der Waals surface area contributed by atoms with Crippen LogP contribution in [0.5, 0.6) is 5.75 Å². The van der Waals surface area contributed by atoms with Crippen molar-refractivity contribution in [2.45, 2.75) is 40.2 Å². The Morgan fingerprint density at radius 1 is 1.13 bits per heavy atom. The predicted octanol–water partition coefficient (Wildman–Crippen LogP) is 2.91. The molecule has 0 spiro atoms. The van der Waals surface area contributed by atoms with Crippen molar-refractivity contribution in [3.8, 4) is 5.75 Å². The van der Waals surface area contributed by atoms with Crippen molar-refractivity contribution in [2.75, 3.05) is 26.7 Å². The van der Waals surface area contributed by atoms with Crippen molar-refractivity contribution in [1.82, 2.24) is 21.1 Å². The monoisotopic (exact) mass is 529 g/mol. The molecule has 1 aromatic heterocycles. The molecule has 2 rings (SSSR count). The van der Waals surface area contributed by atoms with Crippen LogP contribution in [0.25, 0.3) is 0 Å². The molecule has 0 saturated heterocycles. The highest BCUT2D eigenvalue weighted by molar-refractivity contribution is 14.0. The molecule has 0 radical (unpaired) electrons. The molecule has 0 atom stereocenters. The van der Waals surface area contributed by atoms with Gasteiger partial charge in [0.1, 0.15) is 11.5 Å². The van der Waals surface area contributed by atoms with E-state index < -0.39 is 0 Å². The smallest absolute Gasteiger partial charge is 0.251 e. The fourth-order valence-electron chi connectivity index (χ4n) is 2.84. The van der Waals surface area contributed by atoms with E-state index in [1.165, 1.54) is 0 Å². The number of guanidine groups is 1. The average Bonchev–Trinajstić information content (AvgIpc) is 3.16. The molecule has 0 saturated carbocycles. The minimum absolute atomic E-state index is 0. The Bertz CT molecular complexity index is 801. The van der Waals surface area contributed by atoms with Crippen molar-refractivity contribution in [1.29, 1.82) is 0 Å². The fourth-order valence-corrected chi connectivity index (χ4v) is 2.84. The number of amides is 1. The third-order valence-corrected chi connectivity index (χ3v) is 4.38. The first-order valence-electron chi connectivity index (χ1n) is 10.0. The number of halogens is 1. The second-order valence-corrected chi connectivity index (χ2v) is 6.35. The van der Waals surface area contributed by atoms with Crippen LogP contribution in [0.4, 0.5) is 0 Å². The van der Waals surface area contributed by atoms with Gasteiger partial charge in [-0.25, -0.2) is 4.99 Å². The molecule has 30 heavy (non-hydrogen) atoms. The summed E-state index contributed by atoms with van der Waals surface area (Å²) in [6, 6.07) is 7.07. The van der Waals surface area contributed by atoms with E-state index in [4.69, 9.17) is 9.26 Å². The maximum Gasteiger partial charge on any atom is 0.251 e. The van der Waals surface area contributed by atoms with Crippen LogP contribution < -0.4 is 20.7 Å². The van der Waals surface area contributed by atoms with Crippen LogP contribution in [-0.2, 0) is 19.4 Å². The molecule has 1 aromatic carbocycles. The maximum atomic E-state index is 12.2. The number of hydrogen-bond donors (Lipinski definition) is 3. The van der Waals surface area contributed by atoms with E-state index >= 15 is 0 Å². The highest BCUT2D eigenvalue weighted by Gasteiger charge is 2.13. The molecule has 0 aliphatic rings. The molecule has 0 fully saturated rings. The lowest BCUT2D eigenvalue weighted by molar-refractivity contribution is 0.0954. The number of hydrogen-bond acceptors (Lipinski definition) is 5. The number of benzene rings is 1. The van der Waals surface area contributed by atoms with E-state index in [2.05, 4.69) is 33.0 Å². The number of nitrogens with one attached hydrogen (secondary N) is 3. The number of methoxy groups -OCH3 is 1. The van der Waals surface area contributed by atoms with Gasteiger partial charge in [-0.05, 0) is 31.5 Å². The van der Waals surface area contributed by atoms with Gasteiger partial charge in [0.25, 0.3) is 5.91 Å². The lowest BCUT2D eigenvalue weighted by Crippen LogP contribution is -2.41. The number of aromatic nitrogens is 1. The molecule has 3 N–H and O–H groups in total. The molecule has 2 aromatic rings. The largest absolute Gasteiger partial charge is 0.497 e. The molecule has 1 heterocycles. The average molecular weight is 529 g/mol. The second kappa shape index (κ2) is 13.8. The van der Waals surface area contributed by atoms with Gasteiger partial charge in [0.15, 0.2) is 5.96 Å². The maximum absolute atomic E-state index is 12.2. The second-order valence-electron chi connectivity index (χ2n) is 6.35. The van der Waals surface area contributed by atoms with Crippen molar-refractivity contribution in [3.05, 3.63) is 46.8 Å². The SMILES string of the molecule is CCNC(=NCc1c(CC)noc1CC)NCCNC(=O)c1cccc(OC)c1.I. The Hall–Kier alpha value is -2.30. The summed E-state index contributed by atoms with van der Waals surface area (Å²) in [7, 11) is 1.58. The highest BCUT2D eigenvalue weighted by atomic mass is 127. The van der Waals surface area contributed by atoms with Crippen LogP contribution in [0.3, 0.4) is 0 Å². The number of aryl methyl sites for hydroxylation is 2. The van der Waals surface area contributed by atoms with Gasteiger partial charge >= 0.3 is 0 Å². The number of rotatable bonds is 10. The predicted molar refractivity (Wildman–Crippen MR) is 129 cm³/mol. The van der Waals surface area contributed by atoms with Crippen LogP contribution >= 0.6 is 24.0 Å². The zero-order valence-corrected chi connectivity index (χ0v) is 20.4. The Kier molecular flexibility index (Phi) is 11.9. The summed E-state index contributed by atoms with van der Waals surface area (Å²) in [5.41, 5.74) is 2.57. The minimum Gasteiger partial charge on any atom is -0.497 e. The summed E-state index contributed by atoms with van der Waals surface area (Å²) in [5.74, 6) is 2.08. The first-order valence-corrected chi connectivity index (χ1v) is 10.0. The zero-order chi connectivity index (χ0) is 21.1. The van der Waals surface area contributed by atoms with Crippen LogP contribution in [0.15, 0.2) is 33.8 Å². The van der Waals surface area contributed by atoms with Crippen molar-refractivity contribution in [3.63, 3.8) is 0 Å². The molecule has 0 bridgehead atoms. The van der Waals surface area contributed by atoms with Crippen molar-refractivity contribution in [2.24, 2.45) is 4.99 Å². The number of nitrogens with zero attached hydrogens (tertiary/aromatic N) is 2. The molecular weight excluding hydrogens is 497 g/mol. The highest BCUT2D eigenvalue weighted by Crippen LogP contribution is 2.16. The molecule has 0 aliphatic carbocycles. The van der Waals surface area contributed by atoms with Gasteiger partial charge in [0.2, 0.25) is 0 Å². The Labute approximate surface area is 195 Å². The fraction of sp³-hybridized carbons (Fsp3) is 0.476. The molecule has 8 nitrogen and oxygen atoms in total. The third-order valence-electron chi connectivity index (χ3n) is 4.38. The molecule has 9 heteroatoms. The Balaban J connectivity index is 0.00000450. The summed E-state index contributed by atoms with van der Waals surface area (Å²) in [6.07, 6.45) is 1.60. The van der Waals surface area contributed by atoms with Crippen LogP contribution in [0.2, 0.25) is 0 Å². The summed E-state index contributed by atoms with van der Waals surface area (Å²) in [6.45, 7) is 8.37. The van der Waals surface area contributed by atoms with E-state index in [9.17, 15) is 4.79 Å². The van der Waals surface area contributed by atoms with Gasteiger partial charge in [-0.3, -0.25) is 4.79 Å². The number of aliphatic imine (C=N–C) groups is 1. The number of carbonyl (C=O) groups is 1. The lowest BCUT2D eigenvalue weighted by atomic mass is 10.1. The van der Waals surface area contributed by atoms with E-state index in [0.29, 0.717) is 36.9 Å². The topological polar surface area (TPSA) is 101 Å². The van der Waals surface area contributed by atoms with Gasteiger partial charge in [0.05, 0.1) is 19.3 Å². The number of ether oxygens (including phenoxy) is 1. The zero-order valence-electron chi connectivity index (χ0n) is 18.1. The minimum atomic E-state index is -0.141. The summed E-state index contributed by atoms with van der Waals surface area (Å²) >= 11 is 0. The van der Waals surface area contributed by atoms with Crippen LogP contribution in [0.1, 0.15) is 48.1 Å². The molecule has 166 valence electrons. The first-order chi connectivity index (χ1) is 14.1. The Morgan fingerprint density at radius 2 is 1.90 bits per heavy atom. The molecule has 0 unspecified atom stereocenters. The first kappa shape index (κ1) is 25.7. The van der Waals surface area contributed by atoms with Crippen molar-refractivity contribution >= 4 is 35.8 Å². The van der Waals surface area contributed by atoms with Gasteiger partial charge in [-0.1, -0.05) is 25.1 Å². The molecular formula is C21H32IN5O3. The lowest BCUT2D eigenvalue weighted by Gasteiger charge is -2.12. The van der Waals surface area contributed by atoms with E-state index in [0.717, 1.165) is 36.4 Å². The van der Waals surface area contributed by atoms with E-state index in [-0.39, 0.29) is 29.9 Å². The number of carbonyl (C=O) groups excluding carboxylic acids is 1. The third kappa shape index (κ3) is 7.51. The van der Waals surface area contributed by atoms with Crippen molar-refractivity contribution < 1.29 is 14.1 Å². The van der Waals surface area contributed by atoms with Crippen LogP contribution in [-0.4, -0.2) is 43.8 Å². The van der Waals surface area contributed by atoms with Crippen LogP contribution in [0, 0.1) is 0 Å². The molecule has 0 aliphatic heterocycles.